The van der Waals surface area contributed by atoms with Crippen molar-refractivity contribution in [2.24, 2.45) is 0 Å². The molecule has 6 aromatic carbocycles. The minimum Gasteiger partial charge on any atom is -0.508 e. The molecule has 6 nitrogen and oxygen atoms in total. The van der Waals surface area contributed by atoms with Gasteiger partial charge < -0.3 is 10.2 Å². The van der Waals surface area contributed by atoms with Crippen LogP contribution < -0.4 is 0 Å². The van der Waals surface area contributed by atoms with Crippen molar-refractivity contribution in [3.63, 3.8) is 0 Å². The van der Waals surface area contributed by atoms with Crippen LogP contribution in [0.4, 0.5) is 8.78 Å². The van der Waals surface area contributed by atoms with Gasteiger partial charge in [0.15, 0.2) is 23.1 Å². The molecule has 0 aliphatic carbocycles. The molecule has 0 saturated heterocycles. The lowest BCUT2D eigenvalue weighted by atomic mass is 9.97. The maximum Gasteiger partial charge on any atom is 0.193 e. The zero-order chi connectivity index (χ0) is 34.2. The van der Waals surface area contributed by atoms with E-state index in [0.29, 0.717) is 44.5 Å². The molecule has 0 unspecified atom stereocenters. The van der Waals surface area contributed by atoms with Crippen LogP contribution in [0.3, 0.4) is 0 Å². The van der Waals surface area contributed by atoms with E-state index in [1.807, 2.05) is 0 Å². The minimum atomic E-state index is -0.410. The molecule has 0 heterocycles. The van der Waals surface area contributed by atoms with E-state index < -0.39 is 11.6 Å². The highest BCUT2D eigenvalue weighted by Crippen LogP contribution is 2.19. The Morgan fingerprint density at radius 1 is 0.333 bits per heavy atom. The van der Waals surface area contributed by atoms with Gasteiger partial charge in [-0.1, -0.05) is 42.5 Å². The quantitative estimate of drug-likeness (QED) is 0.163. The molecule has 0 fully saturated rings. The van der Waals surface area contributed by atoms with Gasteiger partial charge in [-0.15, -0.1) is 0 Å². The summed E-state index contributed by atoms with van der Waals surface area (Å²) in [6.07, 6.45) is 0. The number of benzene rings is 6. The van der Waals surface area contributed by atoms with Gasteiger partial charge in [0, 0.05) is 44.5 Å². The SMILES string of the molecule is O=C(c1ccc(F)cc1)c1ccc(C(=O)c2ccc(F)cc2)cc1.O=C(c1ccc(O)cc1)c1cccc(C(=O)c2ccc(O)cc2)c1. The summed E-state index contributed by atoms with van der Waals surface area (Å²) in [5.74, 6) is -1.61. The molecule has 8 heteroatoms. The lowest BCUT2D eigenvalue weighted by Gasteiger charge is -2.05. The molecular weight excluding hydrogens is 614 g/mol. The van der Waals surface area contributed by atoms with Crippen LogP contribution in [0.1, 0.15) is 63.7 Å². The van der Waals surface area contributed by atoms with E-state index in [0.717, 1.165) is 0 Å². The van der Waals surface area contributed by atoms with Crippen molar-refractivity contribution < 1.29 is 38.2 Å². The van der Waals surface area contributed by atoms with E-state index >= 15 is 0 Å². The number of carbonyl (C=O) groups excluding carboxylic acids is 4. The number of carbonyl (C=O) groups is 4. The van der Waals surface area contributed by atoms with E-state index in [-0.39, 0.29) is 34.6 Å². The summed E-state index contributed by atoms with van der Waals surface area (Å²) < 4.78 is 25.8. The first-order chi connectivity index (χ1) is 23.1. The Morgan fingerprint density at radius 2 is 0.562 bits per heavy atom. The maximum absolute atomic E-state index is 12.9. The van der Waals surface area contributed by atoms with E-state index in [9.17, 15) is 38.2 Å². The number of rotatable bonds is 8. The third kappa shape index (κ3) is 7.99. The Morgan fingerprint density at radius 3 is 0.854 bits per heavy atom. The third-order valence-corrected chi connectivity index (χ3v) is 7.27. The number of hydrogen-bond acceptors (Lipinski definition) is 6. The van der Waals surface area contributed by atoms with Crippen molar-refractivity contribution in [2.75, 3.05) is 0 Å². The standard InChI is InChI=1S/C20H12F2O2.C20H14O4/c21-17-9-5-15(6-10-17)19(23)13-1-2-14(4-3-13)20(24)16-7-11-18(22)12-8-16;21-17-8-4-13(5-9-17)19(23)15-2-1-3-16(12-15)20(24)14-6-10-18(22)11-7-14/h1-12H;1-12,21-22H. The van der Waals surface area contributed by atoms with Gasteiger partial charge in [0.2, 0.25) is 0 Å². The molecular formula is C40H26F2O6. The van der Waals surface area contributed by atoms with Crippen LogP contribution in [0.25, 0.3) is 0 Å². The smallest absolute Gasteiger partial charge is 0.193 e. The van der Waals surface area contributed by atoms with Crippen molar-refractivity contribution in [3.8, 4) is 11.5 Å². The monoisotopic (exact) mass is 640 g/mol. The van der Waals surface area contributed by atoms with Crippen LogP contribution in [-0.2, 0) is 0 Å². The second-order valence-electron chi connectivity index (χ2n) is 10.6. The number of aromatic hydroxyl groups is 2. The Bertz CT molecular complexity index is 1940. The predicted octanol–water partition coefficient (Wildman–Crippen LogP) is 7.99. The first kappa shape index (κ1) is 32.8. The second kappa shape index (κ2) is 14.7. The van der Waals surface area contributed by atoms with Crippen LogP contribution in [0.5, 0.6) is 11.5 Å². The summed E-state index contributed by atoms with van der Waals surface area (Å²) in [7, 11) is 0. The second-order valence-corrected chi connectivity index (χ2v) is 10.6. The predicted molar refractivity (Wildman–Crippen MR) is 176 cm³/mol. The molecule has 236 valence electrons. The highest BCUT2D eigenvalue weighted by atomic mass is 19.1. The molecule has 0 saturated carbocycles. The highest BCUT2D eigenvalue weighted by molar-refractivity contribution is 6.13. The molecule has 48 heavy (non-hydrogen) atoms. The van der Waals surface area contributed by atoms with Crippen molar-refractivity contribution in [1.82, 2.24) is 0 Å². The van der Waals surface area contributed by atoms with Gasteiger partial charge in [0.25, 0.3) is 0 Å². The third-order valence-electron chi connectivity index (χ3n) is 7.27. The maximum atomic E-state index is 12.9. The van der Waals surface area contributed by atoms with Crippen LogP contribution in [0, 0.1) is 11.6 Å². The fraction of sp³-hybridized carbons (Fsp3) is 0. The van der Waals surface area contributed by atoms with Gasteiger partial charge in [-0.3, -0.25) is 19.2 Å². The summed E-state index contributed by atoms with van der Waals surface area (Å²) in [5.41, 5.74) is 3.19. The average molecular weight is 641 g/mol. The fourth-order valence-electron chi connectivity index (χ4n) is 4.67. The summed E-state index contributed by atoms with van der Waals surface area (Å²) in [6.45, 7) is 0. The first-order valence-electron chi connectivity index (χ1n) is 14.6. The normalized spacial score (nSPS) is 10.4. The van der Waals surface area contributed by atoms with Crippen LogP contribution in [0.2, 0.25) is 0 Å². The number of ketones is 4. The molecule has 0 aromatic heterocycles. The zero-order valence-corrected chi connectivity index (χ0v) is 25.1. The number of halogens is 2. The Labute approximate surface area is 274 Å². The first-order valence-corrected chi connectivity index (χ1v) is 14.6. The van der Waals surface area contributed by atoms with E-state index in [2.05, 4.69) is 0 Å². The van der Waals surface area contributed by atoms with E-state index in [1.165, 1.54) is 97.1 Å². The molecule has 0 aliphatic rings. The molecule has 0 atom stereocenters. The van der Waals surface area contributed by atoms with Gasteiger partial charge in [-0.05, 0) is 103 Å². The van der Waals surface area contributed by atoms with Gasteiger partial charge in [0.1, 0.15) is 23.1 Å². The van der Waals surface area contributed by atoms with Crippen LogP contribution >= 0.6 is 0 Å². The highest BCUT2D eigenvalue weighted by Gasteiger charge is 2.15. The Balaban J connectivity index is 0.000000188. The van der Waals surface area contributed by atoms with Crippen molar-refractivity contribution in [1.29, 1.82) is 0 Å². The Kier molecular flexibility index (Phi) is 10.1. The molecule has 6 rings (SSSR count). The minimum absolute atomic E-state index is 0.0859. The summed E-state index contributed by atoms with van der Waals surface area (Å²) in [5, 5.41) is 18.6. The number of hydrogen-bond donors (Lipinski definition) is 2. The molecule has 0 aliphatic heterocycles. The molecule has 0 radical (unpaired) electrons. The molecule has 0 bridgehead atoms. The van der Waals surface area contributed by atoms with Crippen molar-refractivity contribution in [3.05, 3.63) is 202 Å². The summed E-state index contributed by atoms with van der Waals surface area (Å²) in [6, 6.07) is 35.1. The summed E-state index contributed by atoms with van der Waals surface area (Å²) >= 11 is 0. The van der Waals surface area contributed by atoms with Gasteiger partial charge in [0.05, 0.1) is 0 Å². The molecule has 0 amide bonds. The van der Waals surface area contributed by atoms with Gasteiger partial charge in [-0.2, -0.15) is 0 Å². The fourth-order valence-corrected chi connectivity index (χ4v) is 4.67. The Hall–Kier alpha value is -6.54. The molecule has 2 N–H and O–H groups in total. The van der Waals surface area contributed by atoms with Crippen LogP contribution in [-0.4, -0.2) is 33.3 Å². The van der Waals surface area contributed by atoms with E-state index in [4.69, 9.17) is 0 Å². The number of phenolic OH excluding ortho intramolecular Hbond substituents is 2. The van der Waals surface area contributed by atoms with Gasteiger partial charge >= 0.3 is 0 Å². The summed E-state index contributed by atoms with van der Waals surface area (Å²) in [4.78, 5) is 49.6. The topological polar surface area (TPSA) is 109 Å². The molecule has 6 aromatic rings. The number of phenols is 2. The largest absolute Gasteiger partial charge is 0.508 e. The lowest BCUT2D eigenvalue weighted by molar-refractivity contribution is 0.102. The zero-order valence-electron chi connectivity index (χ0n) is 25.1. The molecule has 0 spiro atoms. The average Bonchev–Trinajstić information content (AvgIpc) is 3.12. The van der Waals surface area contributed by atoms with E-state index in [1.54, 1.807) is 48.5 Å². The van der Waals surface area contributed by atoms with Crippen molar-refractivity contribution in [2.45, 2.75) is 0 Å². The van der Waals surface area contributed by atoms with Gasteiger partial charge in [-0.25, -0.2) is 8.78 Å². The van der Waals surface area contributed by atoms with Crippen molar-refractivity contribution >= 4 is 23.1 Å². The van der Waals surface area contributed by atoms with Crippen LogP contribution in [0.15, 0.2) is 146 Å². The lowest BCUT2D eigenvalue weighted by Crippen LogP contribution is -2.05.